The number of fused-ring (bicyclic) bond motifs is 1. The van der Waals surface area contributed by atoms with Gasteiger partial charge in [0.15, 0.2) is 5.76 Å². The molecule has 0 atom stereocenters. The van der Waals surface area contributed by atoms with Crippen LogP contribution >= 0.6 is 0 Å². The van der Waals surface area contributed by atoms with E-state index in [-0.39, 0.29) is 18.0 Å². The van der Waals surface area contributed by atoms with E-state index in [1.807, 2.05) is 26.0 Å². The monoisotopic (exact) mass is 342 g/mol. The standard InChI is InChI=1S/C19H19FN2O3/c1-11(2)24-14-8-9-16-15(10-14)17(22-19(23)21-3)18(25-16)12-4-6-13(20)7-5-12/h4-11H,1-3H3,(H2,21,22,23). The van der Waals surface area contributed by atoms with Crippen LogP contribution in [0, 0.1) is 5.82 Å². The number of benzene rings is 2. The summed E-state index contributed by atoms with van der Waals surface area (Å²) in [6.45, 7) is 3.88. The Morgan fingerprint density at radius 2 is 1.88 bits per heavy atom. The van der Waals surface area contributed by atoms with Crippen molar-refractivity contribution in [2.24, 2.45) is 0 Å². The van der Waals surface area contributed by atoms with Crippen LogP contribution in [0.25, 0.3) is 22.3 Å². The number of halogens is 1. The van der Waals surface area contributed by atoms with E-state index in [9.17, 15) is 9.18 Å². The Balaban J connectivity index is 2.15. The fourth-order valence-corrected chi connectivity index (χ4v) is 2.53. The number of hydrogen-bond acceptors (Lipinski definition) is 3. The van der Waals surface area contributed by atoms with E-state index in [1.165, 1.54) is 19.2 Å². The molecule has 0 aliphatic heterocycles. The largest absolute Gasteiger partial charge is 0.491 e. The highest BCUT2D eigenvalue weighted by atomic mass is 19.1. The molecule has 130 valence electrons. The zero-order chi connectivity index (χ0) is 18.0. The van der Waals surface area contributed by atoms with Crippen molar-refractivity contribution in [2.75, 3.05) is 12.4 Å². The molecule has 25 heavy (non-hydrogen) atoms. The minimum absolute atomic E-state index is 0.0243. The maximum Gasteiger partial charge on any atom is 0.319 e. The molecule has 5 nitrogen and oxygen atoms in total. The van der Waals surface area contributed by atoms with E-state index in [1.54, 1.807) is 18.2 Å². The second kappa shape index (κ2) is 6.84. The lowest BCUT2D eigenvalue weighted by molar-refractivity contribution is 0.242. The van der Waals surface area contributed by atoms with Crippen LogP contribution < -0.4 is 15.4 Å². The molecule has 2 aromatic carbocycles. The average Bonchev–Trinajstić information content (AvgIpc) is 2.93. The first-order chi connectivity index (χ1) is 12.0. The first-order valence-electron chi connectivity index (χ1n) is 7.96. The van der Waals surface area contributed by atoms with Crippen LogP contribution in [0.2, 0.25) is 0 Å². The summed E-state index contributed by atoms with van der Waals surface area (Å²) in [7, 11) is 1.53. The van der Waals surface area contributed by atoms with Gasteiger partial charge in [-0.3, -0.25) is 0 Å². The summed E-state index contributed by atoms with van der Waals surface area (Å²) in [4.78, 5) is 11.9. The Hall–Kier alpha value is -3.02. The topological polar surface area (TPSA) is 63.5 Å². The number of rotatable bonds is 4. The van der Waals surface area contributed by atoms with E-state index in [4.69, 9.17) is 9.15 Å². The third-order valence-electron chi connectivity index (χ3n) is 3.60. The molecular weight excluding hydrogens is 323 g/mol. The molecule has 0 bridgehead atoms. The summed E-state index contributed by atoms with van der Waals surface area (Å²) in [5.74, 6) is 0.794. The van der Waals surface area contributed by atoms with Crippen LogP contribution in [0.1, 0.15) is 13.8 Å². The maximum absolute atomic E-state index is 13.2. The van der Waals surface area contributed by atoms with Crippen LogP contribution in [-0.2, 0) is 0 Å². The molecule has 0 unspecified atom stereocenters. The molecule has 2 N–H and O–H groups in total. The van der Waals surface area contributed by atoms with Crippen LogP contribution in [-0.4, -0.2) is 19.2 Å². The van der Waals surface area contributed by atoms with Crippen LogP contribution in [0.3, 0.4) is 0 Å². The number of hydrogen-bond donors (Lipinski definition) is 2. The van der Waals surface area contributed by atoms with Crippen molar-refractivity contribution in [3.63, 3.8) is 0 Å². The highest BCUT2D eigenvalue weighted by Crippen LogP contribution is 2.39. The fraction of sp³-hybridized carbons (Fsp3) is 0.211. The normalized spacial score (nSPS) is 10.9. The van der Waals surface area contributed by atoms with Crippen LogP contribution in [0.4, 0.5) is 14.9 Å². The Morgan fingerprint density at radius 3 is 2.52 bits per heavy atom. The Bertz CT molecular complexity index is 901. The minimum atomic E-state index is -0.374. The molecule has 3 aromatic rings. The van der Waals surface area contributed by atoms with E-state index >= 15 is 0 Å². The quantitative estimate of drug-likeness (QED) is 0.717. The highest BCUT2D eigenvalue weighted by Gasteiger charge is 2.18. The fourth-order valence-electron chi connectivity index (χ4n) is 2.53. The average molecular weight is 342 g/mol. The van der Waals surface area contributed by atoms with Gasteiger partial charge in [-0.25, -0.2) is 9.18 Å². The molecule has 3 rings (SSSR count). The van der Waals surface area contributed by atoms with Gasteiger partial charge in [0.25, 0.3) is 0 Å². The van der Waals surface area contributed by atoms with E-state index < -0.39 is 0 Å². The van der Waals surface area contributed by atoms with Gasteiger partial charge in [-0.15, -0.1) is 0 Å². The van der Waals surface area contributed by atoms with Gasteiger partial charge in [0, 0.05) is 18.0 Å². The maximum atomic E-state index is 13.2. The van der Waals surface area contributed by atoms with Crippen molar-refractivity contribution >= 4 is 22.7 Å². The van der Waals surface area contributed by atoms with E-state index in [2.05, 4.69) is 10.6 Å². The van der Waals surface area contributed by atoms with Gasteiger partial charge in [-0.1, -0.05) is 0 Å². The molecular formula is C19H19FN2O3. The van der Waals surface area contributed by atoms with Gasteiger partial charge in [0.1, 0.15) is 17.1 Å². The first-order valence-corrected chi connectivity index (χ1v) is 7.96. The number of carbonyl (C=O) groups excluding carboxylic acids is 1. The molecule has 1 heterocycles. The third kappa shape index (κ3) is 3.57. The second-order valence-electron chi connectivity index (χ2n) is 5.84. The van der Waals surface area contributed by atoms with Gasteiger partial charge < -0.3 is 19.8 Å². The van der Waals surface area contributed by atoms with Gasteiger partial charge in [0.05, 0.1) is 11.8 Å². The summed E-state index contributed by atoms with van der Waals surface area (Å²) in [5, 5.41) is 6.01. The smallest absolute Gasteiger partial charge is 0.319 e. The van der Waals surface area contributed by atoms with Gasteiger partial charge >= 0.3 is 6.03 Å². The number of urea groups is 1. The molecule has 0 saturated carbocycles. The van der Waals surface area contributed by atoms with Crippen molar-refractivity contribution in [1.82, 2.24) is 5.32 Å². The lowest BCUT2D eigenvalue weighted by Gasteiger charge is -2.10. The number of anilines is 1. The molecule has 0 fully saturated rings. The summed E-state index contributed by atoms with van der Waals surface area (Å²) in [6, 6.07) is 10.9. The van der Waals surface area contributed by atoms with Gasteiger partial charge in [-0.05, 0) is 56.3 Å². The molecule has 0 spiro atoms. The van der Waals surface area contributed by atoms with Crippen molar-refractivity contribution in [3.8, 4) is 17.1 Å². The Morgan fingerprint density at radius 1 is 1.16 bits per heavy atom. The van der Waals surface area contributed by atoms with Crippen molar-refractivity contribution < 1.29 is 18.3 Å². The predicted octanol–water partition coefficient (Wildman–Crippen LogP) is 4.78. The molecule has 0 radical (unpaired) electrons. The highest BCUT2D eigenvalue weighted by molar-refractivity contribution is 6.06. The lowest BCUT2D eigenvalue weighted by atomic mass is 10.1. The van der Waals surface area contributed by atoms with Crippen LogP contribution in [0.5, 0.6) is 5.75 Å². The minimum Gasteiger partial charge on any atom is -0.491 e. The van der Waals surface area contributed by atoms with Gasteiger partial charge in [0.2, 0.25) is 0 Å². The van der Waals surface area contributed by atoms with Crippen molar-refractivity contribution in [3.05, 3.63) is 48.3 Å². The van der Waals surface area contributed by atoms with E-state index in [0.717, 1.165) is 0 Å². The summed E-state index contributed by atoms with van der Waals surface area (Å²) >= 11 is 0. The molecule has 2 amide bonds. The first kappa shape index (κ1) is 16.8. The second-order valence-corrected chi connectivity index (χ2v) is 5.84. The number of nitrogens with one attached hydrogen (secondary N) is 2. The third-order valence-corrected chi connectivity index (χ3v) is 3.60. The van der Waals surface area contributed by atoms with Gasteiger partial charge in [-0.2, -0.15) is 0 Å². The molecule has 0 saturated heterocycles. The molecule has 6 heteroatoms. The number of ether oxygens (including phenoxy) is 1. The SMILES string of the molecule is CNC(=O)Nc1c(-c2ccc(F)cc2)oc2ccc(OC(C)C)cc12. The van der Waals surface area contributed by atoms with E-state index in [0.29, 0.717) is 33.7 Å². The summed E-state index contributed by atoms with van der Waals surface area (Å²) in [6.07, 6.45) is 0.0243. The Labute approximate surface area is 144 Å². The number of furan rings is 1. The van der Waals surface area contributed by atoms with Crippen LogP contribution in [0.15, 0.2) is 46.9 Å². The van der Waals surface area contributed by atoms with Crippen molar-refractivity contribution in [2.45, 2.75) is 20.0 Å². The zero-order valence-electron chi connectivity index (χ0n) is 14.2. The lowest BCUT2D eigenvalue weighted by Crippen LogP contribution is -2.24. The predicted molar refractivity (Wildman–Crippen MR) is 95.5 cm³/mol. The molecule has 0 aliphatic carbocycles. The molecule has 1 aromatic heterocycles. The summed E-state index contributed by atoms with van der Waals surface area (Å²) in [5.41, 5.74) is 1.77. The Kier molecular flexibility index (Phi) is 4.61. The number of carbonyl (C=O) groups is 1. The summed E-state index contributed by atoms with van der Waals surface area (Å²) < 4.78 is 24.8. The zero-order valence-corrected chi connectivity index (χ0v) is 14.2. The number of amides is 2. The van der Waals surface area contributed by atoms with Crippen molar-refractivity contribution in [1.29, 1.82) is 0 Å². The molecule has 0 aliphatic rings.